The van der Waals surface area contributed by atoms with Crippen LogP contribution < -0.4 is 20.5 Å². The van der Waals surface area contributed by atoms with Gasteiger partial charge in [-0.15, -0.1) is 12.4 Å². The first kappa shape index (κ1) is 27.3. The van der Waals surface area contributed by atoms with Gasteiger partial charge in [0.15, 0.2) is 0 Å². The number of benzene rings is 4. The molecule has 0 aromatic heterocycles. The van der Waals surface area contributed by atoms with Gasteiger partial charge in [0.25, 0.3) is 0 Å². The molecule has 0 radical (unpaired) electrons. The van der Waals surface area contributed by atoms with E-state index in [1.807, 2.05) is 12.1 Å². The van der Waals surface area contributed by atoms with Crippen LogP contribution >= 0.6 is 12.4 Å². The largest absolute Gasteiger partial charge is 0.494 e. The first-order valence-corrected chi connectivity index (χ1v) is 12.4. The van der Waals surface area contributed by atoms with Crippen molar-refractivity contribution in [1.29, 1.82) is 0 Å². The Morgan fingerprint density at radius 1 is 0.778 bits per heavy atom. The van der Waals surface area contributed by atoms with Gasteiger partial charge in [-0.05, 0) is 89.2 Å². The molecule has 5 nitrogen and oxygen atoms in total. The number of fused-ring (bicyclic) bond motifs is 2. The second-order valence-electron chi connectivity index (χ2n) is 8.78. The smallest absolute Gasteiger partial charge is 0.216 e. The summed E-state index contributed by atoms with van der Waals surface area (Å²) in [6, 6.07) is 25.1. The fourth-order valence-electron chi connectivity index (χ4n) is 4.36. The van der Waals surface area contributed by atoms with E-state index < -0.39 is 0 Å². The Labute approximate surface area is 219 Å². The Kier molecular flexibility index (Phi) is 10.4. The molecule has 0 atom stereocenters. The maximum Gasteiger partial charge on any atom is 0.216 e. The summed E-state index contributed by atoms with van der Waals surface area (Å²) >= 11 is 0. The van der Waals surface area contributed by atoms with Crippen molar-refractivity contribution in [3.8, 4) is 11.5 Å². The van der Waals surface area contributed by atoms with Crippen LogP contribution in [0.4, 0.5) is 0 Å². The molecule has 4 aromatic rings. The first-order chi connectivity index (χ1) is 17.1. The monoisotopic (exact) mass is 506 g/mol. The topological polar surface area (TPSA) is 73.6 Å². The van der Waals surface area contributed by atoms with Gasteiger partial charge in [-0.1, -0.05) is 48.5 Å². The molecule has 0 heterocycles. The van der Waals surface area contributed by atoms with Gasteiger partial charge in [0, 0.05) is 13.5 Å². The lowest BCUT2D eigenvalue weighted by Crippen LogP contribution is -2.22. The summed E-state index contributed by atoms with van der Waals surface area (Å²) in [6.45, 7) is 4.10. The molecule has 1 amide bonds. The third-order valence-electron chi connectivity index (χ3n) is 6.15. The molecule has 4 rings (SSSR count). The van der Waals surface area contributed by atoms with Gasteiger partial charge < -0.3 is 20.5 Å². The fraction of sp³-hybridized carbons (Fsp3) is 0.300. The average molecular weight is 507 g/mol. The number of nitrogens with two attached hydrogens (primary N) is 1. The van der Waals surface area contributed by atoms with Crippen LogP contribution in [0.3, 0.4) is 0 Å². The van der Waals surface area contributed by atoms with E-state index in [1.165, 1.54) is 32.7 Å². The van der Waals surface area contributed by atoms with Gasteiger partial charge in [0.05, 0.1) is 13.2 Å². The molecule has 0 fully saturated rings. The third kappa shape index (κ3) is 7.36. The minimum Gasteiger partial charge on any atom is -0.494 e. The highest BCUT2D eigenvalue weighted by Crippen LogP contribution is 2.26. The molecule has 0 aliphatic rings. The minimum absolute atomic E-state index is 0. The number of nitrogens with one attached hydrogen (secondary N) is 1. The highest BCUT2D eigenvalue weighted by molar-refractivity contribution is 5.88. The molecule has 0 spiro atoms. The van der Waals surface area contributed by atoms with Gasteiger partial charge in [-0.3, -0.25) is 4.79 Å². The van der Waals surface area contributed by atoms with Crippen molar-refractivity contribution in [2.45, 2.75) is 32.6 Å². The molecule has 190 valence electrons. The summed E-state index contributed by atoms with van der Waals surface area (Å²) < 4.78 is 12.0. The number of hydrogen-bond acceptors (Lipinski definition) is 4. The molecule has 0 unspecified atom stereocenters. The minimum atomic E-state index is -0.00444. The molecule has 0 aliphatic heterocycles. The van der Waals surface area contributed by atoms with E-state index in [-0.39, 0.29) is 18.3 Å². The molecule has 6 heteroatoms. The van der Waals surface area contributed by atoms with E-state index in [2.05, 4.69) is 66.0 Å². The number of rotatable bonds is 12. The van der Waals surface area contributed by atoms with Crippen molar-refractivity contribution in [3.63, 3.8) is 0 Å². The normalized spacial score (nSPS) is 10.7. The molecule has 36 heavy (non-hydrogen) atoms. The van der Waals surface area contributed by atoms with Crippen LogP contribution in [0.15, 0.2) is 72.8 Å². The molecular formula is C30H35ClN2O3. The van der Waals surface area contributed by atoms with Crippen LogP contribution in [0.5, 0.6) is 11.5 Å². The van der Waals surface area contributed by atoms with E-state index in [9.17, 15) is 4.79 Å². The number of amides is 1. The van der Waals surface area contributed by atoms with Gasteiger partial charge in [0.1, 0.15) is 11.5 Å². The maximum absolute atomic E-state index is 11.2. The predicted octanol–water partition coefficient (Wildman–Crippen LogP) is 5.83. The maximum atomic E-state index is 11.2. The first-order valence-electron chi connectivity index (χ1n) is 12.4. The quantitative estimate of drug-likeness (QED) is 0.237. The van der Waals surface area contributed by atoms with Crippen molar-refractivity contribution in [1.82, 2.24) is 5.32 Å². The lowest BCUT2D eigenvalue weighted by Gasteiger charge is -2.11. The Bertz CT molecular complexity index is 1290. The Morgan fingerprint density at radius 2 is 1.31 bits per heavy atom. The molecule has 0 saturated carbocycles. The predicted molar refractivity (Wildman–Crippen MR) is 151 cm³/mol. The van der Waals surface area contributed by atoms with E-state index in [4.69, 9.17) is 15.2 Å². The number of hydrogen-bond donors (Lipinski definition) is 2. The van der Waals surface area contributed by atoms with Crippen LogP contribution in [-0.2, 0) is 17.6 Å². The molecule has 3 N–H and O–H groups in total. The number of carbonyl (C=O) groups is 1. The van der Waals surface area contributed by atoms with E-state index >= 15 is 0 Å². The zero-order chi connectivity index (χ0) is 24.5. The number of carbonyl (C=O) groups excluding carboxylic acids is 1. The van der Waals surface area contributed by atoms with Crippen LogP contribution in [0, 0.1) is 0 Å². The van der Waals surface area contributed by atoms with Crippen LogP contribution in [0.25, 0.3) is 21.5 Å². The van der Waals surface area contributed by atoms with Crippen LogP contribution in [0.2, 0.25) is 0 Å². The van der Waals surface area contributed by atoms with Gasteiger partial charge in [-0.2, -0.15) is 0 Å². The summed E-state index contributed by atoms with van der Waals surface area (Å²) in [5.74, 6) is 1.76. The van der Waals surface area contributed by atoms with Gasteiger partial charge in [0.2, 0.25) is 5.91 Å². The summed E-state index contributed by atoms with van der Waals surface area (Å²) in [5.41, 5.74) is 8.24. The van der Waals surface area contributed by atoms with Crippen molar-refractivity contribution in [2.75, 3.05) is 26.3 Å². The van der Waals surface area contributed by atoms with Gasteiger partial charge >= 0.3 is 0 Å². The molecule has 0 bridgehead atoms. The summed E-state index contributed by atoms with van der Waals surface area (Å²) in [6.07, 6.45) is 3.48. The van der Waals surface area contributed by atoms with E-state index in [0.29, 0.717) is 26.3 Å². The standard InChI is InChI=1S/C30H34N2O3.ClH/c1-22(33)32-17-15-26-9-5-7-24-11-13-28(21-30(24)26)35-19-3-2-18-34-27-12-10-23-6-4-8-25(14-16-31)29(23)20-27;/h4-13,20-21H,2-3,14-19,31H2,1H3,(H,32,33);1H. The van der Waals surface area contributed by atoms with Crippen molar-refractivity contribution < 1.29 is 14.3 Å². The van der Waals surface area contributed by atoms with E-state index in [1.54, 1.807) is 6.92 Å². The third-order valence-corrected chi connectivity index (χ3v) is 6.15. The van der Waals surface area contributed by atoms with Crippen LogP contribution in [0.1, 0.15) is 30.9 Å². The zero-order valence-corrected chi connectivity index (χ0v) is 21.6. The van der Waals surface area contributed by atoms with Gasteiger partial charge in [-0.25, -0.2) is 0 Å². The molecular weight excluding hydrogens is 472 g/mol. The molecule has 4 aromatic carbocycles. The fourth-order valence-corrected chi connectivity index (χ4v) is 4.36. The Morgan fingerprint density at radius 3 is 1.81 bits per heavy atom. The second kappa shape index (κ2) is 13.7. The van der Waals surface area contributed by atoms with Crippen LogP contribution in [-0.4, -0.2) is 32.2 Å². The summed E-state index contributed by atoms with van der Waals surface area (Å²) in [5, 5.41) is 7.64. The highest BCUT2D eigenvalue weighted by Gasteiger charge is 2.05. The Balaban J connectivity index is 0.00000361. The number of ether oxygens (including phenoxy) is 2. The Hall–Kier alpha value is -3.28. The molecule has 0 aliphatic carbocycles. The lowest BCUT2D eigenvalue weighted by atomic mass is 10.0. The summed E-state index contributed by atoms with van der Waals surface area (Å²) in [7, 11) is 0. The zero-order valence-electron chi connectivity index (χ0n) is 20.8. The lowest BCUT2D eigenvalue weighted by molar-refractivity contribution is -0.118. The average Bonchev–Trinajstić information content (AvgIpc) is 2.86. The number of unbranched alkanes of at least 4 members (excludes halogenated alkanes) is 1. The van der Waals surface area contributed by atoms with Crippen molar-refractivity contribution in [2.24, 2.45) is 5.73 Å². The molecule has 0 saturated heterocycles. The van der Waals surface area contributed by atoms with Crippen molar-refractivity contribution in [3.05, 3.63) is 83.9 Å². The second-order valence-corrected chi connectivity index (χ2v) is 8.78. The highest BCUT2D eigenvalue weighted by atomic mass is 35.5. The van der Waals surface area contributed by atoms with E-state index in [0.717, 1.165) is 37.2 Å². The van der Waals surface area contributed by atoms with Crippen molar-refractivity contribution >= 4 is 39.9 Å². The number of halogens is 1. The summed E-state index contributed by atoms with van der Waals surface area (Å²) in [4.78, 5) is 11.2. The SMILES string of the molecule is CC(=O)NCCc1cccc2ccc(OCCCCOc3ccc4cccc(CCN)c4c3)cc12.Cl.